The fraction of sp³-hybridized carbons (Fsp3) is 0.455. The molecule has 0 atom stereocenters. The molecule has 0 spiro atoms. The summed E-state index contributed by atoms with van der Waals surface area (Å²) >= 11 is 0. The number of anilines is 3. The molecular weight excluding hydrogens is 320 g/mol. The minimum Gasteiger partial charge on any atom is -0.370 e. The van der Waals surface area contributed by atoms with Crippen LogP contribution in [0.2, 0.25) is 0 Å². The van der Waals surface area contributed by atoms with Gasteiger partial charge in [0.05, 0.1) is 11.3 Å². The van der Waals surface area contributed by atoms with E-state index in [1.54, 1.807) is 0 Å². The average Bonchev–Trinajstić information content (AvgIpc) is 2.62. The van der Waals surface area contributed by atoms with Crippen LogP contribution in [0.4, 0.5) is 17.2 Å². The zero-order valence-electron chi connectivity index (χ0n) is 16.2. The molecular formula is C22H30N4. The van der Waals surface area contributed by atoms with E-state index in [1.807, 2.05) is 13.1 Å². The van der Waals surface area contributed by atoms with E-state index < -0.39 is 0 Å². The van der Waals surface area contributed by atoms with Gasteiger partial charge in [0.15, 0.2) is 0 Å². The summed E-state index contributed by atoms with van der Waals surface area (Å²) in [5, 5.41) is 11.9. The van der Waals surface area contributed by atoms with E-state index in [4.69, 9.17) is 5.41 Å². The number of nitrogens with one attached hydrogen (secondary N) is 2. The molecule has 0 bridgehead atoms. The van der Waals surface area contributed by atoms with Crippen LogP contribution in [0, 0.1) is 11.3 Å². The second-order valence-electron chi connectivity index (χ2n) is 7.14. The molecule has 4 heteroatoms. The highest BCUT2D eigenvalue weighted by Gasteiger charge is 2.28. The van der Waals surface area contributed by atoms with E-state index >= 15 is 0 Å². The van der Waals surface area contributed by atoms with Crippen LogP contribution < -0.4 is 10.2 Å². The lowest BCUT2D eigenvalue weighted by Gasteiger charge is -2.42. The van der Waals surface area contributed by atoms with Crippen LogP contribution in [0.1, 0.15) is 51.2 Å². The van der Waals surface area contributed by atoms with Crippen molar-refractivity contribution in [2.45, 2.75) is 46.5 Å². The van der Waals surface area contributed by atoms with Crippen molar-refractivity contribution in [1.82, 2.24) is 4.98 Å². The smallest absolute Gasteiger partial charge is 0.141 e. The molecule has 0 radical (unpaired) electrons. The van der Waals surface area contributed by atoms with Gasteiger partial charge in [0.1, 0.15) is 5.82 Å². The van der Waals surface area contributed by atoms with Crippen molar-refractivity contribution >= 4 is 22.9 Å². The molecule has 0 aliphatic carbocycles. The number of pyridine rings is 1. The third-order valence-corrected chi connectivity index (χ3v) is 5.21. The van der Waals surface area contributed by atoms with Gasteiger partial charge < -0.3 is 15.6 Å². The number of aryl methyl sites for hydroxylation is 1. The Morgan fingerprint density at radius 2 is 1.88 bits per heavy atom. The molecule has 1 fully saturated rings. The molecule has 138 valence electrons. The van der Waals surface area contributed by atoms with E-state index in [9.17, 15) is 0 Å². The second kappa shape index (κ2) is 8.35. The summed E-state index contributed by atoms with van der Waals surface area (Å²) in [5.74, 6) is 1.56. The van der Waals surface area contributed by atoms with Gasteiger partial charge in [-0.2, -0.15) is 0 Å². The summed E-state index contributed by atoms with van der Waals surface area (Å²) in [5.41, 5.74) is 5.10. The predicted octanol–water partition coefficient (Wildman–Crippen LogP) is 5.40. The maximum atomic E-state index is 8.50. The normalized spacial score (nSPS) is 14.2. The van der Waals surface area contributed by atoms with Gasteiger partial charge in [0.25, 0.3) is 0 Å². The van der Waals surface area contributed by atoms with E-state index in [-0.39, 0.29) is 0 Å². The van der Waals surface area contributed by atoms with Gasteiger partial charge in [0.2, 0.25) is 0 Å². The largest absolute Gasteiger partial charge is 0.370 e. The lowest BCUT2D eigenvalue weighted by molar-refractivity contribution is 0.398. The van der Waals surface area contributed by atoms with Gasteiger partial charge in [-0.3, -0.25) is 0 Å². The molecule has 26 heavy (non-hydrogen) atoms. The number of rotatable bonds is 8. The predicted molar refractivity (Wildman–Crippen MR) is 111 cm³/mol. The summed E-state index contributed by atoms with van der Waals surface area (Å²) in [6.45, 7) is 8.64. The van der Waals surface area contributed by atoms with Crippen LogP contribution in [-0.4, -0.2) is 23.8 Å². The molecule has 1 aromatic carbocycles. The Kier molecular flexibility index (Phi) is 5.92. The Hall–Kier alpha value is -2.36. The fourth-order valence-electron chi connectivity index (χ4n) is 3.49. The number of benzene rings is 1. The monoisotopic (exact) mass is 350 g/mol. The van der Waals surface area contributed by atoms with Gasteiger partial charge in [-0.15, -0.1) is 0 Å². The van der Waals surface area contributed by atoms with Crippen LogP contribution in [0.5, 0.6) is 0 Å². The van der Waals surface area contributed by atoms with E-state index in [1.165, 1.54) is 12.0 Å². The van der Waals surface area contributed by atoms with E-state index in [2.05, 4.69) is 59.4 Å². The Labute approximate surface area is 157 Å². The first-order chi connectivity index (χ1) is 12.7. The minimum absolute atomic E-state index is 0.637. The van der Waals surface area contributed by atoms with Gasteiger partial charge in [-0.1, -0.05) is 39.3 Å². The third-order valence-electron chi connectivity index (χ3n) is 5.21. The first-order valence-electron chi connectivity index (χ1n) is 9.83. The molecule has 3 rings (SSSR count). The number of hydrogen-bond acceptors (Lipinski definition) is 4. The number of aromatic nitrogens is 1. The van der Waals surface area contributed by atoms with Crippen LogP contribution >= 0.6 is 0 Å². The molecule has 0 saturated carbocycles. The van der Waals surface area contributed by atoms with Gasteiger partial charge in [-0.25, -0.2) is 4.98 Å². The first kappa shape index (κ1) is 18.4. The molecule has 1 saturated heterocycles. The molecule has 0 unspecified atom stereocenters. The Morgan fingerprint density at radius 1 is 1.15 bits per heavy atom. The quantitative estimate of drug-likeness (QED) is 0.627. The highest BCUT2D eigenvalue weighted by atomic mass is 15.2. The topological polar surface area (TPSA) is 52.0 Å². The number of hydrogen-bond donors (Lipinski definition) is 2. The van der Waals surface area contributed by atoms with Gasteiger partial charge in [-0.05, 0) is 48.9 Å². The summed E-state index contributed by atoms with van der Waals surface area (Å²) in [7, 11) is 0. The van der Waals surface area contributed by atoms with E-state index in [0.717, 1.165) is 54.6 Å². The molecule has 2 N–H and O–H groups in total. The zero-order valence-corrected chi connectivity index (χ0v) is 16.2. The Balaban J connectivity index is 1.87. The summed E-state index contributed by atoms with van der Waals surface area (Å²) < 4.78 is 0. The SMILES string of the molecule is CCCc1ccc(Nc2nccc(N3CC(CC)C3)c2C(=N)CC)cc1. The standard InChI is InChI=1S/C22H30N4/c1-4-7-17-8-10-18(11-9-17)25-22-21(19(23)6-3)20(12-13-24-22)26-14-16(5-2)15-26/h8-13,16,23H,4-7,14-15H2,1-3H3,(H,24,25). The number of nitrogens with zero attached hydrogens (tertiary/aromatic N) is 2. The van der Waals surface area contributed by atoms with E-state index in [0.29, 0.717) is 12.1 Å². The molecule has 0 amide bonds. The van der Waals surface area contributed by atoms with Crippen molar-refractivity contribution < 1.29 is 0 Å². The summed E-state index contributed by atoms with van der Waals surface area (Å²) in [6, 6.07) is 10.6. The summed E-state index contributed by atoms with van der Waals surface area (Å²) in [6.07, 6.45) is 6.04. The minimum atomic E-state index is 0.637. The maximum Gasteiger partial charge on any atom is 0.141 e. The van der Waals surface area contributed by atoms with Crippen molar-refractivity contribution in [3.8, 4) is 0 Å². The summed E-state index contributed by atoms with van der Waals surface area (Å²) in [4.78, 5) is 6.94. The molecule has 2 heterocycles. The third kappa shape index (κ3) is 3.90. The van der Waals surface area contributed by atoms with Crippen molar-refractivity contribution in [3.05, 3.63) is 47.7 Å². The fourth-order valence-corrected chi connectivity index (χ4v) is 3.49. The molecule has 1 aliphatic heterocycles. The first-order valence-corrected chi connectivity index (χ1v) is 9.83. The molecule has 4 nitrogen and oxygen atoms in total. The highest BCUT2D eigenvalue weighted by molar-refractivity contribution is 6.07. The van der Waals surface area contributed by atoms with Crippen molar-refractivity contribution in [1.29, 1.82) is 5.41 Å². The molecule has 1 aromatic heterocycles. The van der Waals surface area contributed by atoms with Crippen LogP contribution in [0.15, 0.2) is 36.5 Å². The van der Waals surface area contributed by atoms with Gasteiger partial charge in [0, 0.05) is 30.7 Å². The molecule has 1 aliphatic rings. The molecule has 2 aromatic rings. The highest BCUT2D eigenvalue weighted by Crippen LogP contribution is 2.34. The van der Waals surface area contributed by atoms with Crippen molar-refractivity contribution in [2.24, 2.45) is 5.92 Å². The lowest BCUT2D eigenvalue weighted by Crippen LogP contribution is -2.47. The zero-order chi connectivity index (χ0) is 18.5. The van der Waals surface area contributed by atoms with Crippen LogP contribution in [-0.2, 0) is 6.42 Å². The van der Waals surface area contributed by atoms with Crippen molar-refractivity contribution in [2.75, 3.05) is 23.3 Å². The van der Waals surface area contributed by atoms with Crippen LogP contribution in [0.25, 0.3) is 0 Å². The Morgan fingerprint density at radius 3 is 2.50 bits per heavy atom. The van der Waals surface area contributed by atoms with Crippen molar-refractivity contribution in [3.63, 3.8) is 0 Å². The second-order valence-corrected chi connectivity index (χ2v) is 7.14. The lowest BCUT2D eigenvalue weighted by atomic mass is 9.94. The Bertz CT molecular complexity index is 745. The van der Waals surface area contributed by atoms with Crippen LogP contribution in [0.3, 0.4) is 0 Å². The average molecular weight is 351 g/mol. The van der Waals surface area contributed by atoms with Gasteiger partial charge >= 0.3 is 0 Å². The maximum absolute atomic E-state index is 8.50.